The number of likely N-dealkylation sites (tertiary alicyclic amines) is 1. The van der Waals surface area contributed by atoms with Gasteiger partial charge in [0.1, 0.15) is 5.60 Å². The van der Waals surface area contributed by atoms with Crippen LogP contribution in [0.15, 0.2) is 0 Å². The van der Waals surface area contributed by atoms with E-state index in [4.69, 9.17) is 9.47 Å². The van der Waals surface area contributed by atoms with Crippen LogP contribution < -0.4 is 0 Å². The minimum atomic E-state index is -0.437. The fourth-order valence-corrected chi connectivity index (χ4v) is 2.11. The molecule has 0 bridgehead atoms. The highest BCUT2D eigenvalue weighted by atomic mass is 16.6. The molecule has 1 heterocycles. The summed E-state index contributed by atoms with van der Waals surface area (Å²) in [6, 6.07) is 0. The predicted molar refractivity (Wildman–Crippen MR) is 79.5 cm³/mol. The quantitative estimate of drug-likeness (QED) is 0.589. The highest BCUT2D eigenvalue weighted by Crippen LogP contribution is 2.26. The van der Waals surface area contributed by atoms with Crippen LogP contribution in [-0.2, 0) is 9.47 Å². The van der Waals surface area contributed by atoms with Gasteiger partial charge in [0.15, 0.2) is 0 Å². The van der Waals surface area contributed by atoms with Crippen molar-refractivity contribution >= 4 is 6.09 Å². The first kappa shape index (κ1) is 16.8. The summed E-state index contributed by atoms with van der Waals surface area (Å²) >= 11 is 0. The van der Waals surface area contributed by atoms with Gasteiger partial charge in [-0.3, -0.25) is 0 Å². The van der Waals surface area contributed by atoms with Crippen LogP contribution in [0.2, 0.25) is 0 Å². The molecule has 1 rings (SSSR count). The van der Waals surface area contributed by atoms with E-state index in [0.717, 1.165) is 19.3 Å². The topological polar surface area (TPSA) is 38.8 Å². The molecule has 0 saturated carbocycles. The van der Waals surface area contributed by atoms with E-state index in [9.17, 15) is 4.79 Å². The SMILES string of the molecule is CC#CCCOC1(C)CCN(C(=O)OC(C)(C)C)CC1. The summed E-state index contributed by atoms with van der Waals surface area (Å²) in [5.74, 6) is 5.86. The zero-order chi connectivity index (χ0) is 15.2. The van der Waals surface area contributed by atoms with E-state index in [1.165, 1.54) is 0 Å². The molecule has 0 aromatic heterocycles. The Morgan fingerprint density at radius 3 is 2.40 bits per heavy atom. The highest BCUT2D eigenvalue weighted by Gasteiger charge is 2.34. The molecule has 0 radical (unpaired) electrons. The molecule has 0 aliphatic carbocycles. The van der Waals surface area contributed by atoms with Crippen LogP contribution in [0.25, 0.3) is 0 Å². The summed E-state index contributed by atoms with van der Waals surface area (Å²) < 4.78 is 11.3. The van der Waals surface area contributed by atoms with E-state index in [2.05, 4.69) is 18.8 Å². The molecule has 1 fully saturated rings. The van der Waals surface area contributed by atoms with Gasteiger partial charge >= 0.3 is 6.09 Å². The lowest BCUT2D eigenvalue weighted by atomic mass is 9.93. The van der Waals surface area contributed by atoms with Gasteiger partial charge in [0.2, 0.25) is 0 Å². The molecular weight excluding hydrogens is 254 g/mol. The van der Waals surface area contributed by atoms with Gasteiger partial charge in [-0.2, -0.15) is 0 Å². The number of nitrogens with zero attached hydrogens (tertiary/aromatic N) is 1. The van der Waals surface area contributed by atoms with Gasteiger partial charge in [0, 0.05) is 19.5 Å². The number of carbonyl (C=O) groups excluding carboxylic acids is 1. The Labute approximate surface area is 122 Å². The normalized spacial score (nSPS) is 18.1. The lowest BCUT2D eigenvalue weighted by Gasteiger charge is -2.39. The van der Waals surface area contributed by atoms with E-state index in [1.54, 1.807) is 4.90 Å². The average Bonchev–Trinajstić information content (AvgIpc) is 2.33. The van der Waals surface area contributed by atoms with Crippen molar-refractivity contribution in [1.82, 2.24) is 4.90 Å². The van der Waals surface area contributed by atoms with Crippen molar-refractivity contribution < 1.29 is 14.3 Å². The zero-order valence-electron chi connectivity index (χ0n) is 13.4. The summed E-state index contributed by atoms with van der Waals surface area (Å²) in [4.78, 5) is 13.7. The Hall–Kier alpha value is -1.21. The monoisotopic (exact) mass is 281 g/mol. The van der Waals surface area contributed by atoms with Crippen molar-refractivity contribution in [1.29, 1.82) is 0 Å². The van der Waals surface area contributed by atoms with Gasteiger partial charge in [-0.05, 0) is 47.5 Å². The average molecular weight is 281 g/mol. The molecule has 20 heavy (non-hydrogen) atoms. The molecule has 0 spiro atoms. The highest BCUT2D eigenvalue weighted by molar-refractivity contribution is 5.68. The fraction of sp³-hybridized carbons (Fsp3) is 0.812. The standard InChI is InChI=1S/C16H27NO3/c1-6-7-8-13-19-16(5)9-11-17(12-10-16)14(18)20-15(2,3)4/h8-13H2,1-5H3. The van der Waals surface area contributed by atoms with E-state index < -0.39 is 5.60 Å². The summed E-state index contributed by atoms with van der Waals surface area (Å²) in [7, 11) is 0. The van der Waals surface area contributed by atoms with Crippen LogP contribution in [0.3, 0.4) is 0 Å². The van der Waals surface area contributed by atoms with Crippen molar-refractivity contribution in [3.63, 3.8) is 0 Å². The second-order valence-corrected chi connectivity index (χ2v) is 6.44. The van der Waals surface area contributed by atoms with E-state index >= 15 is 0 Å². The number of hydrogen-bond acceptors (Lipinski definition) is 3. The Balaban J connectivity index is 2.38. The van der Waals surface area contributed by atoms with Gasteiger partial charge < -0.3 is 14.4 Å². The van der Waals surface area contributed by atoms with Crippen molar-refractivity contribution in [3.8, 4) is 11.8 Å². The summed E-state index contributed by atoms with van der Waals surface area (Å²) in [5, 5.41) is 0. The van der Waals surface area contributed by atoms with Gasteiger partial charge in [-0.1, -0.05) is 0 Å². The molecule has 114 valence electrons. The summed E-state index contributed by atoms with van der Waals surface area (Å²) in [6.45, 7) is 11.6. The molecule has 0 N–H and O–H groups in total. The molecule has 0 aromatic carbocycles. The van der Waals surface area contributed by atoms with Gasteiger partial charge in [0.05, 0.1) is 12.2 Å². The summed E-state index contributed by atoms with van der Waals surface area (Å²) in [6.07, 6.45) is 2.22. The number of rotatable bonds is 3. The van der Waals surface area contributed by atoms with Crippen LogP contribution in [0.5, 0.6) is 0 Å². The molecule has 1 saturated heterocycles. The lowest BCUT2D eigenvalue weighted by molar-refractivity contribution is -0.0704. The fourth-order valence-electron chi connectivity index (χ4n) is 2.11. The Morgan fingerprint density at radius 2 is 1.90 bits per heavy atom. The predicted octanol–water partition coefficient (Wildman–Crippen LogP) is 3.21. The number of ether oxygens (including phenoxy) is 2. The molecule has 4 heteroatoms. The number of carbonyl (C=O) groups is 1. The zero-order valence-corrected chi connectivity index (χ0v) is 13.4. The van der Waals surface area contributed by atoms with Gasteiger partial charge in [-0.15, -0.1) is 11.8 Å². The minimum Gasteiger partial charge on any atom is -0.444 e. The van der Waals surface area contributed by atoms with Crippen molar-refractivity contribution in [2.24, 2.45) is 0 Å². The summed E-state index contributed by atoms with van der Waals surface area (Å²) in [5.41, 5.74) is -0.582. The first-order valence-electron chi connectivity index (χ1n) is 7.27. The molecule has 0 unspecified atom stereocenters. The molecule has 1 aliphatic heterocycles. The first-order chi connectivity index (χ1) is 9.26. The molecular formula is C16H27NO3. The smallest absolute Gasteiger partial charge is 0.410 e. The van der Waals surface area contributed by atoms with Crippen LogP contribution in [-0.4, -0.2) is 41.9 Å². The van der Waals surface area contributed by atoms with E-state index in [1.807, 2.05) is 27.7 Å². The molecule has 1 amide bonds. The maximum atomic E-state index is 12.0. The number of piperidine rings is 1. The van der Waals surface area contributed by atoms with E-state index in [0.29, 0.717) is 19.7 Å². The van der Waals surface area contributed by atoms with Crippen LogP contribution >= 0.6 is 0 Å². The second kappa shape index (κ2) is 6.99. The minimum absolute atomic E-state index is 0.145. The van der Waals surface area contributed by atoms with Crippen molar-refractivity contribution in [2.75, 3.05) is 19.7 Å². The largest absolute Gasteiger partial charge is 0.444 e. The van der Waals surface area contributed by atoms with Gasteiger partial charge in [-0.25, -0.2) is 4.79 Å². The van der Waals surface area contributed by atoms with Gasteiger partial charge in [0.25, 0.3) is 0 Å². The lowest BCUT2D eigenvalue weighted by Crippen LogP contribution is -2.48. The van der Waals surface area contributed by atoms with E-state index in [-0.39, 0.29) is 11.7 Å². The Kier molecular flexibility index (Phi) is 5.88. The second-order valence-electron chi connectivity index (χ2n) is 6.44. The first-order valence-corrected chi connectivity index (χ1v) is 7.27. The van der Waals surface area contributed by atoms with Crippen molar-refractivity contribution in [3.05, 3.63) is 0 Å². The maximum Gasteiger partial charge on any atom is 0.410 e. The molecule has 1 aliphatic rings. The number of hydrogen-bond donors (Lipinski definition) is 0. The third-order valence-electron chi connectivity index (χ3n) is 3.33. The maximum absolute atomic E-state index is 12.0. The molecule has 0 aromatic rings. The Morgan fingerprint density at radius 1 is 1.30 bits per heavy atom. The van der Waals surface area contributed by atoms with Crippen molar-refractivity contribution in [2.45, 2.75) is 65.1 Å². The van der Waals surface area contributed by atoms with Crippen LogP contribution in [0.4, 0.5) is 4.79 Å². The van der Waals surface area contributed by atoms with Crippen LogP contribution in [0, 0.1) is 11.8 Å². The Bertz CT molecular complexity index is 379. The third kappa shape index (κ3) is 5.83. The van der Waals surface area contributed by atoms with Crippen LogP contribution in [0.1, 0.15) is 53.9 Å². The third-order valence-corrected chi connectivity index (χ3v) is 3.33. The molecule has 0 atom stereocenters. The number of amides is 1. The molecule has 4 nitrogen and oxygen atoms in total.